The molecule has 0 saturated carbocycles. The number of hydrogen-bond acceptors (Lipinski definition) is 5. The lowest BCUT2D eigenvalue weighted by molar-refractivity contribution is -0.134. The van der Waals surface area contributed by atoms with Gasteiger partial charge in [0.1, 0.15) is 0 Å². The van der Waals surface area contributed by atoms with E-state index >= 15 is 0 Å². The van der Waals surface area contributed by atoms with Crippen LogP contribution in [-0.4, -0.2) is 79.1 Å². The van der Waals surface area contributed by atoms with Gasteiger partial charge in [-0.05, 0) is 50.2 Å². The van der Waals surface area contributed by atoms with Crippen molar-refractivity contribution in [1.29, 1.82) is 0 Å². The van der Waals surface area contributed by atoms with Crippen LogP contribution in [0.15, 0.2) is 17.5 Å². The number of piperazine rings is 1. The van der Waals surface area contributed by atoms with Crippen molar-refractivity contribution < 1.29 is 14.3 Å². The van der Waals surface area contributed by atoms with E-state index in [4.69, 9.17) is 4.74 Å². The molecule has 0 atom stereocenters. The first-order chi connectivity index (χ1) is 12.2. The Kier molecular flexibility index (Phi) is 6.31. The Morgan fingerprint density at radius 3 is 2.40 bits per heavy atom. The highest BCUT2D eigenvalue weighted by Gasteiger charge is 2.27. The van der Waals surface area contributed by atoms with Crippen LogP contribution < -0.4 is 0 Å². The molecule has 0 aliphatic carbocycles. The highest BCUT2D eigenvalue weighted by molar-refractivity contribution is 7.10. The van der Waals surface area contributed by atoms with Crippen LogP contribution in [0.25, 0.3) is 0 Å². The number of carbonyl (C=O) groups excluding carboxylic acids is 2. The van der Waals surface area contributed by atoms with Crippen LogP contribution in [0.5, 0.6) is 0 Å². The van der Waals surface area contributed by atoms with Gasteiger partial charge in [-0.2, -0.15) is 0 Å². The minimum Gasteiger partial charge on any atom is -0.450 e. The molecule has 25 heavy (non-hydrogen) atoms. The van der Waals surface area contributed by atoms with Crippen LogP contribution in [-0.2, 0) is 9.53 Å². The Morgan fingerprint density at radius 2 is 1.80 bits per heavy atom. The van der Waals surface area contributed by atoms with Crippen molar-refractivity contribution in [1.82, 2.24) is 14.7 Å². The maximum atomic E-state index is 12.5. The van der Waals surface area contributed by atoms with E-state index in [0.29, 0.717) is 45.2 Å². The van der Waals surface area contributed by atoms with Crippen LogP contribution in [0.2, 0.25) is 0 Å². The summed E-state index contributed by atoms with van der Waals surface area (Å²) in [6.45, 7) is 6.98. The highest BCUT2D eigenvalue weighted by atomic mass is 32.1. The fourth-order valence-electron chi connectivity index (χ4n) is 3.54. The summed E-state index contributed by atoms with van der Waals surface area (Å²) in [5, 5.41) is 2.14. The summed E-state index contributed by atoms with van der Waals surface area (Å²) in [6.07, 6.45) is 1.99. The molecule has 1 aromatic rings. The van der Waals surface area contributed by atoms with Crippen LogP contribution >= 0.6 is 11.3 Å². The zero-order valence-corrected chi connectivity index (χ0v) is 15.7. The number of amides is 2. The number of rotatable bonds is 4. The zero-order chi connectivity index (χ0) is 17.6. The summed E-state index contributed by atoms with van der Waals surface area (Å²) in [4.78, 5) is 31.5. The molecule has 1 aromatic heterocycles. The Balaban J connectivity index is 1.39. The minimum atomic E-state index is -0.273. The second kappa shape index (κ2) is 8.67. The average Bonchev–Trinajstić information content (AvgIpc) is 3.17. The third-order valence-corrected chi connectivity index (χ3v) is 6.09. The largest absolute Gasteiger partial charge is 0.450 e. The second-order valence-corrected chi connectivity index (χ2v) is 7.61. The SMILES string of the molecule is CCOC(=O)N1CCN(C(=O)CN2CCC(c3cccs3)CC2)CC1. The molecule has 2 amide bonds. The fourth-order valence-corrected chi connectivity index (χ4v) is 4.44. The van der Waals surface area contributed by atoms with Crippen molar-refractivity contribution in [2.75, 3.05) is 52.4 Å². The van der Waals surface area contributed by atoms with Crippen molar-refractivity contribution in [2.24, 2.45) is 0 Å². The van der Waals surface area contributed by atoms with Crippen LogP contribution in [0.4, 0.5) is 4.79 Å². The monoisotopic (exact) mass is 365 g/mol. The first-order valence-electron chi connectivity index (χ1n) is 9.12. The third kappa shape index (κ3) is 4.73. The van der Waals surface area contributed by atoms with Gasteiger partial charge < -0.3 is 14.5 Å². The molecule has 2 saturated heterocycles. The Bertz CT molecular complexity index is 562. The van der Waals surface area contributed by atoms with Gasteiger partial charge in [-0.3, -0.25) is 9.69 Å². The maximum Gasteiger partial charge on any atom is 0.409 e. The molecule has 2 aliphatic rings. The fraction of sp³-hybridized carbons (Fsp3) is 0.667. The quantitative estimate of drug-likeness (QED) is 0.821. The summed E-state index contributed by atoms with van der Waals surface area (Å²) in [7, 11) is 0. The lowest BCUT2D eigenvalue weighted by atomic mass is 9.95. The molecule has 2 aliphatic heterocycles. The number of thiophene rings is 1. The predicted octanol–water partition coefficient (Wildman–Crippen LogP) is 2.23. The van der Waals surface area contributed by atoms with E-state index in [-0.39, 0.29) is 12.0 Å². The lowest BCUT2D eigenvalue weighted by Crippen LogP contribution is -2.53. The molecule has 0 bridgehead atoms. The normalized spacial score (nSPS) is 19.9. The van der Waals surface area contributed by atoms with E-state index in [0.717, 1.165) is 25.9 Å². The molecule has 0 unspecified atom stereocenters. The van der Waals surface area contributed by atoms with Crippen molar-refractivity contribution in [3.8, 4) is 0 Å². The smallest absolute Gasteiger partial charge is 0.409 e. The Morgan fingerprint density at radius 1 is 1.12 bits per heavy atom. The molecular formula is C18H27N3O3S. The summed E-state index contributed by atoms with van der Waals surface area (Å²) >= 11 is 1.84. The van der Waals surface area contributed by atoms with Gasteiger partial charge in [0.05, 0.1) is 13.2 Å². The topological polar surface area (TPSA) is 53.1 Å². The van der Waals surface area contributed by atoms with E-state index in [1.165, 1.54) is 4.88 Å². The highest BCUT2D eigenvalue weighted by Crippen LogP contribution is 2.30. The standard InChI is InChI=1S/C18H27N3O3S/c1-2-24-18(23)21-11-9-20(10-12-21)17(22)14-19-7-5-15(6-8-19)16-4-3-13-25-16/h3-4,13,15H,2,5-12,14H2,1H3. The maximum absolute atomic E-state index is 12.5. The van der Waals surface area contributed by atoms with Gasteiger partial charge in [0.2, 0.25) is 5.91 Å². The minimum absolute atomic E-state index is 0.179. The molecule has 6 nitrogen and oxygen atoms in total. The van der Waals surface area contributed by atoms with Crippen molar-refractivity contribution in [2.45, 2.75) is 25.7 Å². The molecule has 138 valence electrons. The van der Waals surface area contributed by atoms with Gasteiger partial charge in [-0.25, -0.2) is 4.79 Å². The molecule has 0 N–H and O–H groups in total. The Hall–Kier alpha value is -1.60. The van der Waals surface area contributed by atoms with Gasteiger partial charge in [0.15, 0.2) is 0 Å². The molecule has 2 fully saturated rings. The van der Waals surface area contributed by atoms with Gasteiger partial charge in [0.25, 0.3) is 0 Å². The molecule has 0 spiro atoms. The number of piperidine rings is 1. The third-order valence-electron chi connectivity index (χ3n) is 5.05. The predicted molar refractivity (Wildman–Crippen MR) is 97.9 cm³/mol. The lowest BCUT2D eigenvalue weighted by Gasteiger charge is -2.36. The number of hydrogen-bond donors (Lipinski definition) is 0. The van der Waals surface area contributed by atoms with Crippen molar-refractivity contribution in [3.05, 3.63) is 22.4 Å². The van der Waals surface area contributed by atoms with Crippen LogP contribution in [0.3, 0.4) is 0 Å². The average molecular weight is 365 g/mol. The van der Waals surface area contributed by atoms with Crippen molar-refractivity contribution in [3.63, 3.8) is 0 Å². The molecule has 0 radical (unpaired) electrons. The number of ether oxygens (including phenoxy) is 1. The van der Waals surface area contributed by atoms with Gasteiger partial charge in [0, 0.05) is 31.1 Å². The molecule has 3 heterocycles. The first-order valence-corrected chi connectivity index (χ1v) is 10.0. The van der Waals surface area contributed by atoms with E-state index in [9.17, 15) is 9.59 Å². The summed E-state index contributed by atoms with van der Waals surface area (Å²) in [6, 6.07) is 4.34. The van der Waals surface area contributed by atoms with Crippen LogP contribution in [0, 0.1) is 0 Å². The molecule has 7 heteroatoms. The van der Waals surface area contributed by atoms with Gasteiger partial charge in [-0.15, -0.1) is 11.3 Å². The van der Waals surface area contributed by atoms with Crippen molar-refractivity contribution >= 4 is 23.3 Å². The number of nitrogens with zero attached hydrogens (tertiary/aromatic N) is 3. The van der Waals surface area contributed by atoms with Gasteiger partial charge >= 0.3 is 6.09 Å². The summed E-state index contributed by atoms with van der Waals surface area (Å²) < 4.78 is 5.02. The van der Waals surface area contributed by atoms with E-state index in [2.05, 4.69) is 22.4 Å². The van der Waals surface area contributed by atoms with E-state index in [1.54, 1.807) is 11.8 Å². The zero-order valence-electron chi connectivity index (χ0n) is 14.9. The van der Waals surface area contributed by atoms with Gasteiger partial charge in [-0.1, -0.05) is 6.07 Å². The van der Waals surface area contributed by atoms with E-state index < -0.39 is 0 Å². The summed E-state index contributed by atoms with van der Waals surface area (Å²) in [5.41, 5.74) is 0. The second-order valence-electron chi connectivity index (χ2n) is 6.63. The Labute approximate surface area is 153 Å². The molecule has 0 aromatic carbocycles. The first kappa shape index (κ1) is 18.2. The summed E-state index contributed by atoms with van der Waals surface area (Å²) in [5.74, 6) is 0.831. The molecular weight excluding hydrogens is 338 g/mol. The molecule has 3 rings (SSSR count). The van der Waals surface area contributed by atoms with E-state index in [1.807, 2.05) is 16.2 Å². The number of carbonyl (C=O) groups is 2. The van der Waals surface area contributed by atoms with Crippen LogP contribution in [0.1, 0.15) is 30.6 Å². The number of likely N-dealkylation sites (tertiary alicyclic amines) is 1.